The smallest absolute Gasteiger partial charge is 0.00700 e. The fraction of sp³-hybridized carbons (Fsp3) is 1.00. The Morgan fingerprint density at radius 2 is 1.76 bits per heavy atom. The molecule has 17 heavy (non-hydrogen) atoms. The first-order chi connectivity index (χ1) is 8.15. The minimum Gasteiger partial charge on any atom is -0.313 e. The molecular formula is C16H31N. The molecule has 0 aromatic heterocycles. The highest BCUT2D eigenvalue weighted by Gasteiger charge is 2.33. The fourth-order valence-corrected chi connectivity index (χ4v) is 3.87. The summed E-state index contributed by atoms with van der Waals surface area (Å²) in [5, 5.41) is 3.91. The number of nitrogens with one attached hydrogen (secondary N) is 1. The van der Waals surface area contributed by atoms with Gasteiger partial charge in [-0.15, -0.1) is 0 Å². The molecule has 3 atom stereocenters. The molecule has 0 saturated heterocycles. The summed E-state index contributed by atoms with van der Waals surface area (Å²) in [7, 11) is 0. The van der Waals surface area contributed by atoms with Gasteiger partial charge in [-0.05, 0) is 55.8 Å². The van der Waals surface area contributed by atoms with Crippen LogP contribution in [-0.4, -0.2) is 12.6 Å². The number of hydrogen-bond donors (Lipinski definition) is 1. The van der Waals surface area contributed by atoms with Crippen molar-refractivity contribution in [3.05, 3.63) is 0 Å². The van der Waals surface area contributed by atoms with Crippen molar-refractivity contribution in [1.82, 2.24) is 5.32 Å². The Labute approximate surface area is 108 Å². The summed E-state index contributed by atoms with van der Waals surface area (Å²) in [5.41, 5.74) is 0.659. The maximum Gasteiger partial charge on any atom is 0.00700 e. The molecule has 0 spiro atoms. The van der Waals surface area contributed by atoms with Crippen LogP contribution in [0.3, 0.4) is 0 Å². The molecule has 0 radical (unpaired) electrons. The maximum atomic E-state index is 3.91. The predicted octanol–water partition coefficient (Wildman–Crippen LogP) is 4.37. The number of rotatable bonds is 4. The van der Waals surface area contributed by atoms with Gasteiger partial charge in [0.1, 0.15) is 0 Å². The Kier molecular flexibility index (Phi) is 4.52. The van der Waals surface area contributed by atoms with Gasteiger partial charge in [-0.2, -0.15) is 0 Å². The molecule has 2 rings (SSSR count). The van der Waals surface area contributed by atoms with Gasteiger partial charge in [0.15, 0.2) is 0 Å². The van der Waals surface area contributed by atoms with Gasteiger partial charge in [0.25, 0.3) is 0 Å². The van der Waals surface area contributed by atoms with Gasteiger partial charge >= 0.3 is 0 Å². The Bertz CT molecular complexity index is 230. The third-order valence-electron chi connectivity index (χ3n) is 5.78. The molecule has 0 heterocycles. The van der Waals surface area contributed by atoms with Crippen LogP contribution in [0.5, 0.6) is 0 Å². The fourth-order valence-electron chi connectivity index (χ4n) is 3.87. The summed E-state index contributed by atoms with van der Waals surface area (Å²) in [5.74, 6) is 1.86. The molecule has 2 aliphatic carbocycles. The van der Waals surface area contributed by atoms with Crippen LogP contribution < -0.4 is 5.32 Å². The highest BCUT2D eigenvalue weighted by Crippen LogP contribution is 2.40. The van der Waals surface area contributed by atoms with E-state index in [1.54, 1.807) is 0 Å². The van der Waals surface area contributed by atoms with E-state index in [0.717, 1.165) is 17.9 Å². The van der Waals surface area contributed by atoms with Crippen LogP contribution in [0.15, 0.2) is 0 Å². The van der Waals surface area contributed by atoms with Crippen LogP contribution >= 0.6 is 0 Å². The first kappa shape index (κ1) is 13.4. The lowest BCUT2D eigenvalue weighted by Crippen LogP contribution is -2.41. The van der Waals surface area contributed by atoms with E-state index in [1.807, 2.05) is 0 Å². The molecule has 1 nitrogen and oxygen atoms in total. The standard InChI is InChI=1S/C16H31N/c1-4-16(9-5-6-10-16)12-17-15-8-7-13(2)14(3)11-15/h13-15,17H,4-12H2,1-3H3. The first-order valence-corrected chi connectivity index (χ1v) is 7.88. The van der Waals surface area contributed by atoms with Crippen LogP contribution in [-0.2, 0) is 0 Å². The molecule has 2 fully saturated rings. The minimum atomic E-state index is 0.659. The average molecular weight is 237 g/mol. The Morgan fingerprint density at radius 3 is 2.35 bits per heavy atom. The van der Waals surface area contributed by atoms with E-state index >= 15 is 0 Å². The average Bonchev–Trinajstić information content (AvgIpc) is 2.80. The Morgan fingerprint density at radius 1 is 1.06 bits per heavy atom. The summed E-state index contributed by atoms with van der Waals surface area (Å²) in [4.78, 5) is 0. The monoisotopic (exact) mass is 237 g/mol. The van der Waals surface area contributed by atoms with E-state index in [-0.39, 0.29) is 0 Å². The van der Waals surface area contributed by atoms with Crippen LogP contribution in [0, 0.1) is 17.3 Å². The summed E-state index contributed by atoms with van der Waals surface area (Å²) < 4.78 is 0. The van der Waals surface area contributed by atoms with Gasteiger partial charge in [-0.1, -0.05) is 33.6 Å². The molecule has 2 aliphatic rings. The molecular weight excluding hydrogens is 206 g/mol. The van der Waals surface area contributed by atoms with Gasteiger partial charge in [0.05, 0.1) is 0 Å². The third kappa shape index (κ3) is 3.24. The lowest BCUT2D eigenvalue weighted by molar-refractivity contribution is 0.194. The zero-order valence-corrected chi connectivity index (χ0v) is 12.1. The zero-order valence-electron chi connectivity index (χ0n) is 12.1. The lowest BCUT2D eigenvalue weighted by atomic mass is 9.78. The maximum absolute atomic E-state index is 3.91. The Hall–Kier alpha value is -0.0400. The van der Waals surface area contributed by atoms with E-state index in [2.05, 4.69) is 26.1 Å². The van der Waals surface area contributed by atoms with Gasteiger partial charge in [-0.25, -0.2) is 0 Å². The van der Waals surface area contributed by atoms with Crippen molar-refractivity contribution < 1.29 is 0 Å². The third-order valence-corrected chi connectivity index (χ3v) is 5.78. The zero-order chi connectivity index (χ0) is 12.3. The summed E-state index contributed by atoms with van der Waals surface area (Å²) >= 11 is 0. The van der Waals surface area contributed by atoms with Gasteiger partial charge in [0, 0.05) is 12.6 Å². The van der Waals surface area contributed by atoms with E-state index in [1.165, 1.54) is 57.9 Å². The second-order valence-corrected chi connectivity index (χ2v) is 6.91. The van der Waals surface area contributed by atoms with E-state index in [0.29, 0.717) is 5.41 Å². The van der Waals surface area contributed by atoms with Crippen molar-refractivity contribution >= 4 is 0 Å². The van der Waals surface area contributed by atoms with E-state index in [4.69, 9.17) is 0 Å². The highest BCUT2D eigenvalue weighted by molar-refractivity contribution is 4.88. The van der Waals surface area contributed by atoms with Crippen LogP contribution in [0.25, 0.3) is 0 Å². The molecule has 0 amide bonds. The van der Waals surface area contributed by atoms with Crippen molar-refractivity contribution in [1.29, 1.82) is 0 Å². The van der Waals surface area contributed by atoms with Crippen molar-refractivity contribution in [3.63, 3.8) is 0 Å². The summed E-state index contributed by atoms with van der Waals surface area (Å²) in [6.07, 6.45) is 11.5. The second-order valence-electron chi connectivity index (χ2n) is 6.91. The normalized spacial score (nSPS) is 37.2. The molecule has 1 heteroatoms. The molecule has 0 bridgehead atoms. The van der Waals surface area contributed by atoms with Crippen LogP contribution in [0.2, 0.25) is 0 Å². The van der Waals surface area contributed by atoms with E-state index in [9.17, 15) is 0 Å². The minimum absolute atomic E-state index is 0.659. The molecule has 100 valence electrons. The first-order valence-electron chi connectivity index (χ1n) is 7.88. The second kappa shape index (κ2) is 5.73. The molecule has 3 unspecified atom stereocenters. The summed E-state index contributed by atoms with van der Waals surface area (Å²) in [6, 6.07) is 0.810. The topological polar surface area (TPSA) is 12.0 Å². The van der Waals surface area contributed by atoms with E-state index < -0.39 is 0 Å². The number of hydrogen-bond acceptors (Lipinski definition) is 1. The predicted molar refractivity (Wildman–Crippen MR) is 75.2 cm³/mol. The molecule has 1 N–H and O–H groups in total. The molecule has 2 saturated carbocycles. The SMILES string of the molecule is CCC1(CNC2CCC(C)C(C)C2)CCCC1. The van der Waals surface area contributed by atoms with Crippen LogP contribution in [0.1, 0.15) is 72.1 Å². The van der Waals surface area contributed by atoms with Crippen molar-refractivity contribution in [2.24, 2.45) is 17.3 Å². The Balaban J connectivity index is 1.78. The molecule has 0 aliphatic heterocycles. The van der Waals surface area contributed by atoms with Crippen molar-refractivity contribution in [3.8, 4) is 0 Å². The van der Waals surface area contributed by atoms with Gasteiger partial charge < -0.3 is 5.32 Å². The lowest BCUT2D eigenvalue weighted by Gasteiger charge is -2.36. The molecule has 0 aromatic carbocycles. The van der Waals surface area contributed by atoms with Gasteiger partial charge in [0.2, 0.25) is 0 Å². The highest BCUT2D eigenvalue weighted by atomic mass is 14.9. The summed E-state index contributed by atoms with van der Waals surface area (Å²) in [6.45, 7) is 8.53. The van der Waals surface area contributed by atoms with Crippen molar-refractivity contribution in [2.75, 3.05) is 6.54 Å². The molecule has 0 aromatic rings. The van der Waals surface area contributed by atoms with Crippen molar-refractivity contribution in [2.45, 2.75) is 78.2 Å². The largest absolute Gasteiger partial charge is 0.313 e. The quantitative estimate of drug-likeness (QED) is 0.765. The van der Waals surface area contributed by atoms with Gasteiger partial charge in [-0.3, -0.25) is 0 Å². The van der Waals surface area contributed by atoms with Crippen LogP contribution in [0.4, 0.5) is 0 Å².